The van der Waals surface area contributed by atoms with Crippen LogP contribution in [0.15, 0.2) is 0 Å². The fourth-order valence-electron chi connectivity index (χ4n) is 2.95. The van der Waals surface area contributed by atoms with Gasteiger partial charge in [0.05, 0.1) is 25.5 Å². The highest BCUT2D eigenvalue weighted by atomic mass is 32.1. The number of amides is 2. The van der Waals surface area contributed by atoms with Crippen LogP contribution in [0.2, 0.25) is 0 Å². The highest BCUT2D eigenvalue weighted by Crippen LogP contribution is 2.21. The molecule has 152 valence electrons. The summed E-state index contributed by atoms with van der Waals surface area (Å²) < 4.78 is 5.36. The number of rotatable bonds is 10. The van der Waals surface area contributed by atoms with E-state index in [2.05, 4.69) is 22.1 Å². The molecule has 0 aromatic carbocycles. The number of morpholine rings is 1. The first-order valence-corrected chi connectivity index (χ1v) is 10.6. The number of carbonyl (C=O) groups is 2. The smallest absolute Gasteiger partial charge is 0.245 e. The Kier molecular flexibility index (Phi) is 9.17. The molecule has 27 heavy (non-hydrogen) atoms. The summed E-state index contributed by atoms with van der Waals surface area (Å²) in [6.45, 7) is 11.0. The van der Waals surface area contributed by atoms with Gasteiger partial charge in [-0.2, -0.15) is 0 Å². The highest BCUT2D eigenvalue weighted by molar-refractivity contribution is 7.15. The second kappa shape index (κ2) is 11.4. The molecule has 0 saturated carbocycles. The minimum absolute atomic E-state index is 0.0560. The lowest BCUT2D eigenvalue weighted by Crippen LogP contribution is -2.41. The molecule has 0 unspecified atom stereocenters. The fraction of sp³-hybridized carbons (Fsp3) is 0.737. The Morgan fingerprint density at radius 1 is 1.26 bits per heavy atom. The zero-order valence-electron chi connectivity index (χ0n) is 16.8. The Morgan fingerprint density at radius 3 is 2.63 bits per heavy atom. The third kappa shape index (κ3) is 7.56. The Hall–Kier alpha value is -1.51. The molecule has 7 nitrogen and oxygen atoms in total. The lowest BCUT2D eigenvalue weighted by Gasteiger charge is -2.28. The monoisotopic (exact) mass is 396 g/mol. The lowest BCUT2D eigenvalue weighted by atomic mass is 10.2. The normalized spacial score (nSPS) is 14.9. The Labute approximate surface area is 166 Å². The molecule has 1 aliphatic rings. The van der Waals surface area contributed by atoms with Crippen LogP contribution >= 0.6 is 11.3 Å². The zero-order chi connectivity index (χ0) is 19.6. The number of aromatic nitrogens is 1. The van der Waals surface area contributed by atoms with E-state index in [9.17, 15) is 9.59 Å². The van der Waals surface area contributed by atoms with Gasteiger partial charge in [-0.1, -0.05) is 13.3 Å². The van der Waals surface area contributed by atoms with E-state index in [-0.39, 0.29) is 18.4 Å². The number of hydrogen-bond acceptors (Lipinski definition) is 6. The van der Waals surface area contributed by atoms with Gasteiger partial charge in [-0.3, -0.25) is 14.5 Å². The van der Waals surface area contributed by atoms with E-state index in [1.807, 2.05) is 13.8 Å². The Balaban J connectivity index is 1.85. The fourth-order valence-corrected chi connectivity index (χ4v) is 3.78. The number of unbranched alkanes of at least 4 members (excludes halogenated alkanes) is 1. The summed E-state index contributed by atoms with van der Waals surface area (Å²) in [5.41, 5.74) is 0.927. The van der Waals surface area contributed by atoms with Crippen molar-refractivity contribution in [1.82, 2.24) is 14.8 Å². The van der Waals surface area contributed by atoms with E-state index in [0.29, 0.717) is 18.1 Å². The second-order valence-corrected chi connectivity index (χ2v) is 8.14. The van der Waals surface area contributed by atoms with E-state index in [0.717, 1.165) is 62.7 Å². The summed E-state index contributed by atoms with van der Waals surface area (Å²) in [4.78, 5) is 34.4. The van der Waals surface area contributed by atoms with Crippen molar-refractivity contribution in [3.8, 4) is 0 Å². The molecular weight excluding hydrogens is 364 g/mol. The van der Waals surface area contributed by atoms with E-state index < -0.39 is 0 Å². The van der Waals surface area contributed by atoms with Crippen molar-refractivity contribution in [2.45, 2.75) is 46.5 Å². The van der Waals surface area contributed by atoms with E-state index >= 15 is 0 Å². The molecule has 2 heterocycles. The number of ether oxygens (including phenoxy) is 1. The zero-order valence-corrected chi connectivity index (χ0v) is 17.6. The van der Waals surface area contributed by atoms with Crippen LogP contribution in [-0.4, -0.2) is 72.5 Å². The maximum atomic E-state index is 12.5. The third-order valence-electron chi connectivity index (χ3n) is 4.71. The molecule has 1 saturated heterocycles. The van der Waals surface area contributed by atoms with E-state index in [4.69, 9.17) is 4.74 Å². The van der Waals surface area contributed by atoms with Crippen LogP contribution in [0.3, 0.4) is 0 Å². The van der Waals surface area contributed by atoms with Gasteiger partial charge in [0.25, 0.3) is 0 Å². The van der Waals surface area contributed by atoms with Crippen molar-refractivity contribution in [2.75, 3.05) is 51.3 Å². The summed E-state index contributed by atoms with van der Waals surface area (Å²) in [5.74, 6) is -0.125. The number of nitrogens with one attached hydrogen (secondary N) is 1. The number of hydrogen-bond donors (Lipinski definition) is 1. The van der Waals surface area contributed by atoms with Crippen LogP contribution in [0.1, 0.15) is 43.2 Å². The van der Waals surface area contributed by atoms with Gasteiger partial charge >= 0.3 is 0 Å². The number of carbonyl (C=O) groups excluding carboxylic acids is 2. The highest BCUT2D eigenvalue weighted by Gasteiger charge is 2.18. The molecular formula is C19H32N4O3S. The number of thiazole rings is 1. The van der Waals surface area contributed by atoms with Gasteiger partial charge in [0, 0.05) is 37.5 Å². The van der Waals surface area contributed by atoms with Crippen LogP contribution in [0, 0.1) is 13.8 Å². The second-order valence-electron chi connectivity index (χ2n) is 6.94. The first-order valence-electron chi connectivity index (χ1n) is 9.81. The van der Waals surface area contributed by atoms with Crippen LogP contribution in [0.5, 0.6) is 0 Å². The molecule has 0 bridgehead atoms. The molecule has 0 atom stereocenters. The van der Waals surface area contributed by atoms with Gasteiger partial charge in [0.15, 0.2) is 5.13 Å². The van der Waals surface area contributed by atoms with E-state index in [1.54, 1.807) is 4.90 Å². The summed E-state index contributed by atoms with van der Waals surface area (Å²) in [5, 5.41) is 3.43. The van der Waals surface area contributed by atoms with Crippen molar-refractivity contribution in [2.24, 2.45) is 0 Å². The Morgan fingerprint density at radius 2 is 2.00 bits per heavy atom. The van der Waals surface area contributed by atoms with Crippen molar-refractivity contribution in [3.05, 3.63) is 10.6 Å². The molecule has 2 amide bonds. The van der Waals surface area contributed by atoms with Gasteiger partial charge in [0.2, 0.25) is 11.8 Å². The molecule has 0 radical (unpaired) electrons. The molecule has 1 fully saturated rings. The van der Waals surface area contributed by atoms with Crippen molar-refractivity contribution < 1.29 is 14.3 Å². The number of nitrogens with zero attached hydrogens (tertiary/aromatic N) is 3. The van der Waals surface area contributed by atoms with Gasteiger partial charge in [-0.25, -0.2) is 4.98 Å². The van der Waals surface area contributed by atoms with Crippen molar-refractivity contribution in [1.29, 1.82) is 0 Å². The molecule has 1 aliphatic heterocycles. The average Bonchev–Trinajstić information content (AvgIpc) is 2.96. The standard InChI is InChI=1S/C19H32N4O3S/c1-4-5-7-18(25)23(9-6-8-22-10-12-26-13-11-22)14-17(24)21-19-20-15(2)16(3)27-19/h4-14H2,1-3H3,(H,20,21,24). The summed E-state index contributed by atoms with van der Waals surface area (Å²) >= 11 is 1.46. The van der Waals surface area contributed by atoms with E-state index in [1.165, 1.54) is 11.3 Å². The Bertz CT molecular complexity index is 595. The minimum Gasteiger partial charge on any atom is -0.379 e. The molecule has 1 aromatic rings. The van der Waals surface area contributed by atoms with Gasteiger partial charge in [-0.15, -0.1) is 11.3 Å². The largest absolute Gasteiger partial charge is 0.379 e. The SMILES string of the molecule is CCCCC(=O)N(CCCN1CCOCC1)CC(=O)Nc1nc(C)c(C)s1. The van der Waals surface area contributed by atoms with Crippen LogP contribution in [0.25, 0.3) is 0 Å². The third-order valence-corrected chi connectivity index (χ3v) is 5.70. The lowest BCUT2D eigenvalue weighted by molar-refractivity contribution is -0.134. The van der Waals surface area contributed by atoms with Crippen molar-refractivity contribution >= 4 is 28.3 Å². The quantitative estimate of drug-likeness (QED) is 0.657. The average molecular weight is 397 g/mol. The minimum atomic E-state index is -0.181. The van der Waals surface area contributed by atoms with Gasteiger partial charge in [0.1, 0.15) is 0 Å². The van der Waals surface area contributed by atoms with Crippen LogP contribution in [-0.2, 0) is 14.3 Å². The molecule has 8 heteroatoms. The van der Waals surface area contributed by atoms with Gasteiger partial charge in [-0.05, 0) is 26.7 Å². The van der Waals surface area contributed by atoms with Gasteiger partial charge < -0.3 is 15.0 Å². The molecule has 1 aromatic heterocycles. The summed E-state index contributed by atoms with van der Waals surface area (Å²) in [6.07, 6.45) is 3.18. The number of aryl methyl sites for hydroxylation is 2. The predicted molar refractivity (Wildman–Crippen MR) is 108 cm³/mol. The molecule has 1 N–H and O–H groups in total. The topological polar surface area (TPSA) is 74.8 Å². The molecule has 0 aliphatic carbocycles. The number of anilines is 1. The van der Waals surface area contributed by atoms with Crippen LogP contribution < -0.4 is 5.32 Å². The predicted octanol–water partition coefficient (Wildman–Crippen LogP) is 2.44. The molecule has 0 spiro atoms. The van der Waals surface area contributed by atoms with Crippen molar-refractivity contribution in [3.63, 3.8) is 0 Å². The summed E-state index contributed by atoms with van der Waals surface area (Å²) in [6, 6.07) is 0. The molecule has 2 rings (SSSR count). The first-order chi connectivity index (χ1) is 13.0. The maximum absolute atomic E-state index is 12.5. The summed E-state index contributed by atoms with van der Waals surface area (Å²) in [7, 11) is 0. The first kappa shape index (κ1) is 21.8. The van der Waals surface area contributed by atoms with Crippen LogP contribution in [0.4, 0.5) is 5.13 Å². The maximum Gasteiger partial charge on any atom is 0.245 e.